The first kappa shape index (κ1) is 12.2. The van der Waals surface area contributed by atoms with Crippen LogP contribution in [0.1, 0.15) is 46.0 Å². The first-order valence-electron chi connectivity index (χ1n) is 4.91. The van der Waals surface area contributed by atoms with Crippen molar-refractivity contribution in [2.75, 3.05) is 0 Å². The van der Waals surface area contributed by atoms with Gasteiger partial charge in [-0.1, -0.05) is 25.8 Å². The molecular formula is C11H20O2. The zero-order valence-corrected chi connectivity index (χ0v) is 8.68. The zero-order chi connectivity index (χ0) is 10.3. The van der Waals surface area contributed by atoms with E-state index < -0.39 is 11.4 Å². The Balaban J connectivity index is 4.15. The molecule has 2 nitrogen and oxygen atoms in total. The van der Waals surface area contributed by atoms with Crippen LogP contribution < -0.4 is 0 Å². The highest BCUT2D eigenvalue weighted by Gasteiger charge is 2.31. The van der Waals surface area contributed by atoms with E-state index in [1.54, 1.807) is 6.08 Å². The topological polar surface area (TPSA) is 37.3 Å². The molecule has 0 aliphatic rings. The Morgan fingerprint density at radius 1 is 1.54 bits per heavy atom. The van der Waals surface area contributed by atoms with Crippen molar-refractivity contribution in [1.82, 2.24) is 0 Å². The highest BCUT2D eigenvalue weighted by molar-refractivity contribution is 5.74. The van der Waals surface area contributed by atoms with Crippen LogP contribution in [-0.2, 0) is 4.79 Å². The van der Waals surface area contributed by atoms with Crippen LogP contribution in [0.15, 0.2) is 12.7 Å². The van der Waals surface area contributed by atoms with Crippen molar-refractivity contribution < 1.29 is 9.90 Å². The second kappa shape index (κ2) is 5.79. The summed E-state index contributed by atoms with van der Waals surface area (Å²) in [6.07, 6.45) is 6.08. The van der Waals surface area contributed by atoms with Gasteiger partial charge >= 0.3 is 5.97 Å². The molecule has 2 heteroatoms. The Kier molecular flexibility index (Phi) is 5.44. The minimum absolute atomic E-state index is 0.551. The van der Waals surface area contributed by atoms with Crippen molar-refractivity contribution in [2.45, 2.75) is 46.0 Å². The van der Waals surface area contributed by atoms with Crippen molar-refractivity contribution >= 4 is 5.97 Å². The summed E-state index contributed by atoms with van der Waals surface area (Å²) in [7, 11) is 0. The molecule has 0 aromatic heterocycles. The van der Waals surface area contributed by atoms with E-state index in [2.05, 4.69) is 13.5 Å². The maximum Gasteiger partial charge on any atom is 0.309 e. The van der Waals surface area contributed by atoms with Gasteiger partial charge in [0, 0.05) is 0 Å². The number of hydrogen-bond donors (Lipinski definition) is 1. The van der Waals surface area contributed by atoms with E-state index in [0.29, 0.717) is 6.42 Å². The number of allylic oxidation sites excluding steroid dienone is 1. The number of carbonyl (C=O) groups is 1. The van der Waals surface area contributed by atoms with Crippen molar-refractivity contribution in [3.8, 4) is 0 Å². The molecule has 0 aromatic rings. The van der Waals surface area contributed by atoms with Gasteiger partial charge < -0.3 is 5.11 Å². The molecule has 0 aromatic carbocycles. The first-order chi connectivity index (χ1) is 6.06. The fraction of sp³-hybridized carbons (Fsp3) is 0.727. The molecule has 1 atom stereocenters. The predicted octanol–water partition coefficient (Wildman–Crippen LogP) is 3.23. The quantitative estimate of drug-likeness (QED) is 0.617. The van der Waals surface area contributed by atoms with Crippen LogP contribution in [0, 0.1) is 5.41 Å². The zero-order valence-electron chi connectivity index (χ0n) is 8.68. The summed E-state index contributed by atoms with van der Waals surface area (Å²) in [4.78, 5) is 11.0. The summed E-state index contributed by atoms with van der Waals surface area (Å²) in [5.41, 5.74) is -0.551. The minimum Gasteiger partial charge on any atom is -0.481 e. The van der Waals surface area contributed by atoms with E-state index in [9.17, 15) is 4.79 Å². The molecule has 76 valence electrons. The first-order valence-corrected chi connectivity index (χ1v) is 4.91. The van der Waals surface area contributed by atoms with Gasteiger partial charge in [-0.05, 0) is 26.2 Å². The molecule has 0 heterocycles. The van der Waals surface area contributed by atoms with Crippen LogP contribution >= 0.6 is 0 Å². The lowest BCUT2D eigenvalue weighted by molar-refractivity contribution is -0.148. The molecule has 0 aliphatic carbocycles. The highest BCUT2D eigenvalue weighted by Crippen LogP contribution is 2.30. The Bertz CT molecular complexity index is 175. The molecule has 0 rings (SSSR count). The smallest absolute Gasteiger partial charge is 0.309 e. The molecule has 0 fully saturated rings. The number of rotatable bonds is 7. The van der Waals surface area contributed by atoms with Gasteiger partial charge in [0.25, 0.3) is 0 Å². The lowest BCUT2D eigenvalue weighted by atomic mass is 9.81. The van der Waals surface area contributed by atoms with Gasteiger partial charge in [0.05, 0.1) is 5.41 Å². The Morgan fingerprint density at radius 2 is 2.15 bits per heavy atom. The molecule has 0 saturated heterocycles. The van der Waals surface area contributed by atoms with E-state index in [1.165, 1.54) is 0 Å². The summed E-state index contributed by atoms with van der Waals surface area (Å²) >= 11 is 0. The minimum atomic E-state index is -0.678. The summed E-state index contributed by atoms with van der Waals surface area (Å²) in [5.74, 6) is -0.678. The Morgan fingerprint density at radius 3 is 2.54 bits per heavy atom. The third-order valence-electron chi connectivity index (χ3n) is 2.50. The van der Waals surface area contributed by atoms with Crippen molar-refractivity contribution in [1.29, 1.82) is 0 Å². The Hall–Kier alpha value is -0.790. The van der Waals surface area contributed by atoms with E-state index in [0.717, 1.165) is 25.7 Å². The van der Waals surface area contributed by atoms with Gasteiger partial charge in [-0.25, -0.2) is 0 Å². The fourth-order valence-electron chi connectivity index (χ4n) is 1.33. The van der Waals surface area contributed by atoms with Crippen LogP contribution in [-0.4, -0.2) is 11.1 Å². The van der Waals surface area contributed by atoms with Crippen LogP contribution in [0.2, 0.25) is 0 Å². The van der Waals surface area contributed by atoms with Crippen molar-refractivity contribution in [2.24, 2.45) is 5.41 Å². The summed E-state index contributed by atoms with van der Waals surface area (Å²) in [6.45, 7) is 7.52. The standard InChI is InChI=1S/C11H20O2/c1-4-6-8-11(3,10(12)13)9-7-5-2/h4H,1,5-9H2,2-3H3,(H,12,13). The monoisotopic (exact) mass is 184 g/mol. The summed E-state index contributed by atoms with van der Waals surface area (Å²) < 4.78 is 0. The second-order valence-electron chi connectivity index (χ2n) is 3.80. The molecule has 1 N–H and O–H groups in total. The average Bonchev–Trinajstić information content (AvgIpc) is 2.11. The van der Waals surface area contributed by atoms with E-state index in [1.807, 2.05) is 6.92 Å². The van der Waals surface area contributed by atoms with E-state index in [-0.39, 0.29) is 0 Å². The van der Waals surface area contributed by atoms with Crippen molar-refractivity contribution in [3.05, 3.63) is 12.7 Å². The Labute approximate surface area is 80.7 Å². The third kappa shape index (κ3) is 4.11. The normalized spacial score (nSPS) is 14.9. The molecule has 0 amide bonds. The lowest BCUT2D eigenvalue weighted by Crippen LogP contribution is -2.27. The van der Waals surface area contributed by atoms with E-state index in [4.69, 9.17) is 5.11 Å². The average molecular weight is 184 g/mol. The summed E-state index contributed by atoms with van der Waals surface area (Å²) in [6, 6.07) is 0. The largest absolute Gasteiger partial charge is 0.481 e. The molecule has 0 aliphatic heterocycles. The molecule has 1 unspecified atom stereocenters. The van der Waals surface area contributed by atoms with Crippen LogP contribution in [0.5, 0.6) is 0 Å². The maximum absolute atomic E-state index is 11.0. The number of unbranched alkanes of at least 4 members (excludes halogenated alkanes) is 1. The SMILES string of the molecule is C=CCCC(C)(CCCC)C(=O)O. The van der Waals surface area contributed by atoms with Gasteiger partial charge in [-0.15, -0.1) is 6.58 Å². The van der Waals surface area contributed by atoms with Crippen molar-refractivity contribution in [3.63, 3.8) is 0 Å². The number of aliphatic carboxylic acids is 1. The highest BCUT2D eigenvalue weighted by atomic mass is 16.4. The van der Waals surface area contributed by atoms with Crippen LogP contribution in [0.3, 0.4) is 0 Å². The molecule has 13 heavy (non-hydrogen) atoms. The number of hydrogen-bond acceptors (Lipinski definition) is 1. The predicted molar refractivity (Wildman–Crippen MR) is 54.7 cm³/mol. The van der Waals surface area contributed by atoms with Gasteiger partial charge in [0.15, 0.2) is 0 Å². The molecular weight excluding hydrogens is 164 g/mol. The van der Waals surface area contributed by atoms with E-state index >= 15 is 0 Å². The maximum atomic E-state index is 11.0. The summed E-state index contributed by atoms with van der Waals surface area (Å²) in [5, 5.41) is 9.05. The van der Waals surface area contributed by atoms with Gasteiger partial charge in [-0.3, -0.25) is 4.79 Å². The third-order valence-corrected chi connectivity index (χ3v) is 2.50. The van der Waals surface area contributed by atoms with Gasteiger partial charge in [0.1, 0.15) is 0 Å². The molecule has 0 spiro atoms. The van der Waals surface area contributed by atoms with Crippen LogP contribution in [0.25, 0.3) is 0 Å². The fourth-order valence-corrected chi connectivity index (χ4v) is 1.33. The lowest BCUT2D eigenvalue weighted by Gasteiger charge is -2.23. The molecule has 0 radical (unpaired) electrons. The number of carboxylic acids is 1. The van der Waals surface area contributed by atoms with Gasteiger partial charge in [0.2, 0.25) is 0 Å². The molecule has 0 bridgehead atoms. The second-order valence-corrected chi connectivity index (χ2v) is 3.80. The van der Waals surface area contributed by atoms with Crippen LogP contribution in [0.4, 0.5) is 0 Å². The number of carboxylic acid groups (broad SMARTS) is 1. The van der Waals surface area contributed by atoms with Gasteiger partial charge in [-0.2, -0.15) is 0 Å². The molecule has 0 saturated carbocycles.